The zero-order chi connectivity index (χ0) is 37.1. The molecule has 5 amide bonds. The van der Waals surface area contributed by atoms with Gasteiger partial charge in [-0.25, -0.2) is 0 Å². The van der Waals surface area contributed by atoms with E-state index in [0.29, 0.717) is 5.56 Å². The van der Waals surface area contributed by atoms with Crippen LogP contribution in [0.5, 0.6) is 0 Å². The number of guanidine groups is 1. The summed E-state index contributed by atoms with van der Waals surface area (Å²) in [5, 5.41) is 18.3. The Morgan fingerprint density at radius 2 is 1.50 bits per heavy atom. The molecule has 50 heavy (non-hydrogen) atoms. The first-order valence-corrected chi connectivity index (χ1v) is 15.4. The number of amides is 5. The molecule has 0 radical (unpaired) electrons. The van der Waals surface area contributed by atoms with Gasteiger partial charge in [-0.2, -0.15) is 13.2 Å². The number of carboxylic acid groups (broad SMARTS) is 1. The fourth-order valence-electron chi connectivity index (χ4n) is 5.38. The van der Waals surface area contributed by atoms with E-state index in [4.69, 9.17) is 11.5 Å². The van der Waals surface area contributed by atoms with Gasteiger partial charge in [-0.3, -0.25) is 33.8 Å². The van der Waals surface area contributed by atoms with E-state index >= 15 is 13.2 Å². The minimum atomic E-state index is -5.48. The zero-order valence-electron chi connectivity index (χ0n) is 27.0. The Labute approximate surface area is 285 Å². The fourth-order valence-corrected chi connectivity index (χ4v) is 5.38. The van der Waals surface area contributed by atoms with Crippen molar-refractivity contribution in [2.75, 3.05) is 20.1 Å². The van der Waals surface area contributed by atoms with Crippen molar-refractivity contribution in [1.82, 2.24) is 26.2 Å². The first-order valence-electron chi connectivity index (χ1n) is 15.4. The third-order valence-corrected chi connectivity index (χ3v) is 7.97. The van der Waals surface area contributed by atoms with Crippen molar-refractivity contribution in [3.8, 4) is 0 Å². The van der Waals surface area contributed by atoms with Crippen molar-refractivity contribution in [2.45, 2.75) is 61.9 Å². The molecule has 1 saturated heterocycles. The highest BCUT2D eigenvalue weighted by atomic mass is 19.4. The molecule has 0 spiro atoms. The lowest BCUT2D eigenvalue weighted by Crippen LogP contribution is -2.71. The summed E-state index contributed by atoms with van der Waals surface area (Å²) in [5.41, 5.74) is 7.42. The molecule has 9 N–H and O–H groups in total. The molecule has 2 aromatic carbocycles. The third-order valence-electron chi connectivity index (χ3n) is 7.97. The van der Waals surface area contributed by atoms with Crippen LogP contribution in [0.4, 0.5) is 13.2 Å². The normalized spacial score (nSPS) is 22.6. The summed E-state index contributed by atoms with van der Waals surface area (Å²) < 4.78 is 46.8. The molecular weight excluding hydrogens is 665 g/mol. The molecular formula is C32H39F3N8O7. The predicted molar refractivity (Wildman–Crippen MR) is 173 cm³/mol. The lowest BCUT2D eigenvalue weighted by Gasteiger charge is -2.43. The number of carbonyl (C=O) groups excluding carboxylic acids is 5. The number of carbonyl (C=O) groups is 6. The van der Waals surface area contributed by atoms with Crippen molar-refractivity contribution in [3.05, 3.63) is 71.8 Å². The number of hydrogen-bond acceptors (Lipinski definition) is 7. The van der Waals surface area contributed by atoms with Crippen LogP contribution in [-0.4, -0.2) is 101 Å². The van der Waals surface area contributed by atoms with Crippen LogP contribution in [0.3, 0.4) is 0 Å². The Bertz CT molecular complexity index is 1570. The van der Waals surface area contributed by atoms with Gasteiger partial charge in [0.05, 0.1) is 13.0 Å². The summed E-state index contributed by atoms with van der Waals surface area (Å²) in [6.07, 6.45) is -8.23. The number of aliphatic imine (C=N–C) groups is 1. The first-order chi connectivity index (χ1) is 23.5. The van der Waals surface area contributed by atoms with Crippen LogP contribution in [0.15, 0.2) is 65.7 Å². The fraction of sp³-hybridized carbons (Fsp3) is 0.406. The van der Waals surface area contributed by atoms with Crippen molar-refractivity contribution in [3.63, 3.8) is 0 Å². The molecule has 0 bridgehead atoms. The largest absolute Gasteiger partial charge is 0.481 e. The predicted octanol–water partition coefficient (Wildman–Crippen LogP) is -0.656. The highest BCUT2D eigenvalue weighted by Gasteiger charge is 2.65. The van der Waals surface area contributed by atoms with Gasteiger partial charge in [0.1, 0.15) is 18.1 Å². The summed E-state index contributed by atoms with van der Waals surface area (Å²) in [7, 11) is 0.755. The van der Waals surface area contributed by atoms with Gasteiger partial charge in [-0.15, -0.1) is 0 Å². The standard InChI is InChI=1S/C32H39F3N8O7/c1-43-28(49)23(15-19-9-4-2-5-10-19)41-27(48)22(16-25(45)46)40-24(44)18-39-26(47)21(13-8-14-38-30(36)37)42-29(50)31(43,32(33,34)35)17-20-11-6-3-7-12-20/h2-7,9-12,21-23H,8,13-18H2,1H3,(H,39,47)(H,40,44)(H,41,48)(H,42,50)(H,45,46)(H4,36,37,38). The van der Waals surface area contributed by atoms with Gasteiger partial charge in [0.25, 0.3) is 5.91 Å². The number of nitrogens with two attached hydrogens (primary N) is 2. The van der Waals surface area contributed by atoms with E-state index in [-0.39, 0.29) is 42.2 Å². The van der Waals surface area contributed by atoms with Crippen LogP contribution >= 0.6 is 0 Å². The highest BCUT2D eigenvalue weighted by Crippen LogP contribution is 2.39. The molecule has 1 fully saturated rings. The zero-order valence-corrected chi connectivity index (χ0v) is 27.0. The van der Waals surface area contributed by atoms with Gasteiger partial charge in [-0.05, 0) is 24.0 Å². The first kappa shape index (κ1) is 38.8. The Hall–Kier alpha value is -5.68. The number of rotatable bonds is 10. The number of alkyl halides is 3. The Balaban J connectivity index is 2.23. The van der Waals surface area contributed by atoms with Gasteiger partial charge < -0.3 is 42.7 Å². The second-order valence-corrected chi connectivity index (χ2v) is 11.6. The smallest absolute Gasteiger partial charge is 0.421 e. The molecule has 4 atom stereocenters. The second-order valence-electron chi connectivity index (χ2n) is 11.6. The molecule has 2 aromatic rings. The summed E-state index contributed by atoms with van der Waals surface area (Å²) in [4.78, 5) is 83.5. The summed E-state index contributed by atoms with van der Waals surface area (Å²) in [5.74, 6) is -8.26. The minimum absolute atomic E-state index is 0.00580. The number of hydrogen-bond donors (Lipinski definition) is 7. The Morgan fingerprint density at radius 3 is 2.06 bits per heavy atom. The monoisotopic (exact) mass is 704 g/mol. The molecule has 4 unspecified atom stereocenters. The van der Waals surface area contributed by atoms with Crippen molar-refractivity contribution >= 4 is 41.5 Å². The Morgan fingerprint density at radius 1 is 0.900 bits per heavy atom. The van der Waals surface area contributed by atoms with Gasteiger partial charge in [0, 0.05) is 26.4 Å². The van der Waals surface area contributed by atoms with E-state index in [1.807, 2.05) is 0 Å². The third kappa shape index (κ3) is 10.2. The molecule has 270 valence electrons. The van der Waals surface area contributed by atoms with E-state index in [9.17, 15) is 33.9 Å². The second kappa shape index (κ2) is 17.1. The van der Waals surface area contributed by atoms with Crippen molar-refractivity contribution < 1.29 is 47.0 Å². The number of nitrogens with zero attached hydrogens (tertiary/aromatic N) is 2. The number of aliphatic carboxylic acids is 1. The lowest BCUT2D eigenvalue weighted by molar-refractivity contribution is -0.227. The minimum Gasteiger partial charge on any atom is -0.481 e. The molecule has 0 saturated carbocycles. The molecule has 0 aliphatic carbocycles. The summed E-state index contributed by atoms with van der Waals surface area (Å²) >= 11 is 0. The Kier molecular flexibility index (Phi) is 13.3. The quantitative estimate of drug-likeness (QED) is 0.0943. The van der Waals surface area contributed by atoms with Crippen molar-refractivity contribution in [2.24, 2.45) is 16.5 Å². The van der Waals surface area contributed by atoms with Crippen LogP contribution in [-0.2, 0) is 41.6 Å². The molecule has 1 aliphatic rings. The number of likely N-dealkylation sites (N-methyl/N-ethyl adjacent to an activating group) is 1. The summed E-state index contributed by atoms with van der Waals surface area (Å²) in [6, 6.07) is 9.71. The van der Waals surface area contributed by atoms with E-state index in [2.05, 4.69) is 26.3 Å². The van der Waals surface area contributed by atoms with Crippen molar-refractivity contribution in [1.29, 1.82) is 0 Å². The molecule has 1 heterocycles. The summed E-state index contributed by atoms with van der Waals surface area (Å²) in [6.45, 7) is -0.912. The maximum Gasteiger partial charge on any atom is 0.421 e. The topological polar surface area (TPSA) is 238 Å². The average Bonchev–Trinajstić information content (AvgIpc) is 3.05. The van der Waals surface area contributed by atoms with Crippen LogP contribution < -0.4 is 32.7 Å². The molecule has 3 rings (SSSR count). The number of halogens is 3. The number of carboxylic acids is 1. The van der Waals surface area contributed by atoms with Crippen LogP contribution in [0.25, 0.3) is 0 Å². The van der Waals surface area contributed by atoms with Crippen LogP contribution in [0, 0.1) is 0 Å². The molecule has 1 aliphatic heterocycles. The average molecular weight is 705 g/mol. The highest BCUT2D eigenvalue weighted by molar-refractivity contribution is 6.00. The maximum atomic E-state index is 15.6. The van der Waals surface area contributed by atoms with E-state index in [0.717, 1.165) is 7.05 Å². The van der Waals surface area contributed by atoms with E-state index in [1.54, 1.807) is 36.4 Å². The maximum absolute atomic E-state index is 15.6. The molecule has 18 heteroatoms. The van der Waals surface area contributed by atoms with Crippen LogP contribution in [0.2, 0.25) is 0 Å². The van der Waals surface area contributed by atoms with Gasteiger partial charge in [-0.1, -0.05) is 60.7 Å². The number of nitrogens with one attached hydrogen (secondary N) is 4. The van der Waals surface area contributed by atoms with E-state index in [1.165, 1.54) is 24.3 Å². The van der Waals surface area contributed by atoms with Crippen LogP contribution in [0.1, 0.15) is 30.4 Å². The van der Waals surface area contributed by atoms with Gasteiger partial charge in [0.2, 0.25) is 29.2 Å². The van der Waals surface area contributed by atoms with Gasteiger partial charge in [0.15, 0.2) is 5.96 Å². The molecule has 15 nitrogen and oxygen atoms in total. The number of benzene rings is 2. The lowest BCUT2D eigenvalue weighted by atomic mass is 9.85. The molecule has 0 aromatic heterocycles. The SMILES string of the molecule is CN1C(=O)C(Cc2ccccc2)NC(=O)C(CC(=O)O)NC(=O)CNC(=O)C(CCCN=C(N)N)NC(=O)C1(Cc1ccccc1)C(F)(F)F. The van der Waals surface area contributed by atoms with Gasteiger partial charge >= 0.3 is 12.1 Å². The van der Waals surface area contributed by atoms with E-state index < -0.39 is 84.7 Å².